The second kappa shape index (κ2) is 8.67. The molecule has 0 aliphatic carbocycles. The second-order valence-electron chi connectivity index (χ2n) is 4.50. The molecule has 3 nitrogen and oxygen atoms in total. The van der Waals surface area contributed by atoms with Gasteiger partial charge in [0.15, 0.2) is 5.78 Å². The lowest BCUT2D eigenvalue weighted by Crippen LogP contribution is -2.03. The van der Waals surface area contributed by atoms with Crippen LogP contribution in [0.5, 0.6) is 5.88 Å². The number of nitrogens with zero attached hydrogens (tertiary/aromatic N) is 1. The highest BCUT2D eigenvalue weighted by Crippen LogP contribution is 2.17. The molecule has 0 atom stereocenters. The topological polar surface area (TPSA) is 39.2 Å². The van der Waals surface area contributed by atoms with Crippen molar-refractivity contribution >= 4 is 5.78 Å². The van der Waals surface area contributed by atoms with Crippen LogP contribution in [0.3, 0.4) is 0 Å². The van der Waals surface area contributed by atoms with E-state index in [-0.39, 0.29) is 5.78 Å². The number of hydrogen-bond donors (Lipinski definition) is 0. The third-order valence-electron chi connectivity index (χ3n) is 3.02. The number of pyridine rings is 1. The van der Waals surface area contributed by atoms with Gasteiger partial charge in [0.1, 0.15) is 0 Å². The predicted octanol–water partition coefficient (Wildman–Crippen LogP) is 4.02. The highest BCUT2D eigenvalue weighted by atomic mass is 16.5. The number of unbranched alkanes of at least 4 members (excludes halogenated alkanes) is 5. The van der Waals surface area contributed by atoms with E-state index in [0.717, 1.165) is 12.8 Å². The van der Waals surface area contributed by atoms with E-state index in [0.29, 0.717) is 17.9 Å². The molecule has 18 heavy (non-hydrogen) atoms. The van der Waals surface area contributed by atoms with Gasteiger partial charge in [-0.1, -0.05) is 39.0 Å². The van der Waals surface area contributed by atoms with Crippen LogP contribution in [0, 0.1) is 0 Å². The molecule has 1 aromatic heterocycles. The number of rotatable bonds is 9. The first-order valence-electron chi connectivity index (χ1n) is 6.81. The van der Waals surface area contributed by atoms with Crippen molar-refractivity contribution in [2.75, 3.05) is 7.11 Å². The summed E-state index contributed by atoms with van der Waals surface area (Å²) in [6, 6.07) is 3.56. The van der Waals surface area contributed by atoms with Crippen LogP contribution in [-0.4, -0.2) is 17.9 Å². The van der Waals surface area contributed by atoms with Crippen LogP contribution in [0.25, 0.3) is 0 Å². The largest absolute Gasteiger partial charge is 0.480 e. The summed E-state index contributed by atoms with van der Waals surface area (Å²) in [5.74, 6) is 0.573. The molecule has 0 aromatic carbocycles. The summed E-state index contributed by atoms with van der Waals surface area (Å²) in [7, 11) is 1.55. The Kier molecular flexibility index (Phi) is 7.07. The zero-order valence-electron chi connectivity index (χ0n) is 11.4. The van der Waals surface area contributed by atoms with E-state index in [4.69, 9.17) is 4.74 Å². The lowest BCUT2D eigenvalue weighted by atomic mass is 10.0. The van der Waals surface area contributed by atoms with E-state index < -0.39 is 0 Å². The third kappa shape index (κ3) is 4.86. The van der Waals surface area contributed by atoms with Gasteiger partial charge in [0.2, 0.25) is 5.88 Å². The fraction of sp³-hybridized carbons (Fsp3) is 0.600. The summed E-state index contributed by atoms with van der Waals surface area (Å²) >= 11 is 0. The number of ketones is 1. The molecule has 0 saturated carbocycles. The van der Waals surface area contributed by atoms with Crippen molar-refractivity contribution in [3.8, 4) is 5.88 Å². The molecule has 0 radical (unpaired) electrons. The highest BCUT2D eigenvalue weighted by molar-refractivity contribution is 5.98. The first-order chi connectivity index (χ1) is 8.79. The van der Waals surface area contributed by atoms with Gasteiger partial charge in [-0.3, -0.25) is 4.79 Å². The summed E-state index contributed by atoms with van der Waals surface area (Å²) in [6.07, 6.45) is 9.38. The molecule has 0 bridgehead atoms. The summed E-state index contributed by atoms with van der Waals surface area (Å²) in [5, 5.41) is 0. The Morgan fingerprint density at radius 3 is 2.67 bits per heavy atom. The normalized spacial score (nSPS) is 10.3. The van der Waals surface area contributed by atoms with Gasteiger partial charge in [0.25, 0.3) is 0 Å². The van der Waals surface area contributed by atoms with Crippen molar-refractivity contribution in [2.24, 2.45) is 0 Å². The molecule has 1 heterocycles. The number of Topliss-reactive ketones (excluding diaryl/α,β-unsaturated/α-hetero) is 1. The monoisotopic (exact) mass is 249 g/mol. The number of ether oxygens (including phenoxy) is 1. The lowest BCUT2D eigenvalue weighted by molar-refractivity contribution is 0.0975. The Hall–Kier alpha value is -1.38. The average molecular weight is 249 g/mol. The van der Waals surface area contributed by atoms with E-state index in [1.165, 1.54) is 25.7 Å². The van der Waals surface area contributed by atoms with Crippen LogP contribution in [0.2, 0.25) is 0 Å². The van der Waals surface area contributed by atoms with E-state index in [9.17, 15) is 4.79 Å². The minimum Gasteiger partial charge on any atom is -0.480 e. The van der Waals surface area contributed by atoms with Crippen LogP contribution in [0.15, 0.2) is 18.3 Å². The fourth-order valence-electron chi connectivity index (χ4n) is 1.97. The molecular formula is C15H23NO2. The summed E-state index contributed by atoms with van der Waals surface area (Å²) in [4.78, 5) is 16.0. The zero-order valence-corrected chi connectivity index (χ0v) is 11.4. The molecule has 0 unspecified atom stereocenters. The average Bonchev–Trinajstić information content (AvgIpc) is 2.42. The SMILES string of the molecule is CCCCCCCCC(=O)c1cccnc1OC. The van der Waals surface area contributed by atoms with Crippen LogP contribution >= 0.6 is 0 Å². The first-order valence-corrected chi connectivity index (χ1v) is 6.81. The third-order valence-corrected chi connectivity index (χ3v) is 3.02. The molecule has 0 aliphatic rings. The molecule has 3 heteroatoms. The number of carbonyl (C=O) groups is 1. The van der Waals surface area contributed by atoms with Crippen molar-refractivity contribution in [3.63, 3.8) is 0 Å². The molecule has 0 N–H and O–H groups in total. The maximum absolute atomic E-state index is 12.0. The lowest BCUT2D eigenvalue weighted by Gasteiger charge is -2.05. The van der Waals surface area contributed by atoms with Gasteiger partial charge >= 0.3 is 0 Å². The molecule has 1 aromatic rings. The minimum absolute atomic E-state index is 0.135. The van der Waals surface area contributed by atoms with E-state index in [1.807, 2.05) is 0 Å². The molecule has 0 spiro atoms. The van der Waals surface area contributed by atoms with Crippen molar-refractivity contribution in [1.82, 2.24) is 4.98 Å². The van der Waals surface area contributed by atoms with Crippen molar-refractivity contribution in [1.29, 1.82) is 0 Å². The van der Waals surface area contributed by atoms with Gasteiger partial charge in [-0.25, -0.2) is 4.98 Å². The maximum Gasteiger partial charge on any atom is 0.224 e. The summed E-state index contributed by atoms with van der Waals surface area (Å²) in [5.41, 5.74) is 0.605. The number of aromatic nitrogens is 1. The Morgan fingerprint density at radius 1 is 1.22 bits per heavy atom. The predicted molar refractivity (Wildman–Crippen MR) is 73.1 cm³/mol. The van der Waals surface area contributed by atoms with E-state index in [2.05, 4.69) is 11.9 Å². The van der Waals surface area contributed by atoms with Gasteiger partial charge < -0.3 is 4.74 Å². The molecule has 0 amide bonds. The first kappa shape index (κ1) is 14.7. The Morgan fingerprint density at radius 2 is 1.94 bits per heavy atom. The van der Waals surface area contributed by atoms with Gasteiger partial charge in [-0.05, 0) is 18.6 Å². The minimum atomic E-state index is 0.135. The van der Waals surface area contributed by atoms with E-state index >= 15 is 0 Å². The van der Waals surface area contributed by atoms with E-state index in [1.54, 1.807) is 25.4 Å². The maximum atomic E-state index is 12.0. The number of carbonyl (C=O) groups excluding carboxylic acids is 1. The standard InChI is InChI=1S/C15H23NO2/c1-3-4-5-6-7-8-11-14(17)13-10-9-12-16-15(13)18-2/h9-10,12H,3-8,11H2,1-2H3. The summed E-state index contributed by atoms with van der Waals surface area (Å²) < 4.78 is 5.09. The van der Waals surface area contributed by atoms with Crippen molar-refractivity contribution in [2.45, 2.75) is 51.9 Å². The van der Waals surface area contributed by atoms with Crippen molar-refractivity contribution in [3.05, 3.63) is 23.9 Å². The molecule has 100 valence electrons. The van der Waals surface area contributed by atoms with Crippen LogP contribution in [-0.2, 0) is 0 Å². The number of hydrogen-bond acceptors (Lipinski definition) is 3. The van der Waals surface area contributed by atoms with Gasteiger partial charge in [-0.15, -0.1) is 0 Å². The van der Waals surface area contributed by atoms with Crippen LogP contribution < -0.4 is 4.74 Å². The van der Waals surface area contributed by atoms with Crippen LogP contribution in [0.1, 0.15) is 62.2 Å². The molecule has 1 rings (SSSR count). The quantitative estimate of drug-likeness (QED) is 0.490. The zero-order chi connectivity index (χ0) is 13.2. The number of methoxy groups -OCH3 is 1. The van der Waals surface area contributed by atoms with Crippen molar-refractivity contribution < 1.29 is 9.53 Å². The molecular weight excluding hydrogens is 226 g/mol. The second-order valence-corrected chi connectivity index (χ2v) is 4.50. The Bertz CT molecular complexity index is 363. The van der Waals surface area contributed by atoms with Crippen LogP contribution in [0.4, 0.5) is 0 Å². The molecule has 0 aliphatic heterocycles. The fourth-order valence-corrected chi connectivity index (χ4v) is 1.97. The van der Waals surface area contributed by atoms with Gasteiger partial charge in [-0.2, -0.15) is 0 Å². The molecule has 0 saturated heterocycles. The summed E-state index contributed by atoms with van der Waals surface area (Å²) in [6.45, 7) is 2.21. The highest BCUT2D eigenvalue weighted by Gasteiger charge is 2.11. The Labute approximate surface area is 110 Å². The molecule has 0 fully saturated rings. The smallest absolute Gasteiger partial charge is 0.224 e. The van der Waals surface area contributed by atoms with Gasteiger partial charge in [0.05, 0.1) is 12.7 Å². The van der Waals surface area contributed by atoms with Gasteiger partial charge in [0, 0.05) is 12.6 Å². The Balaban J connectivity index is 2.32.